The molecule has 4 nitrogen and oxygen atoms in total. The van der Waals surface area contributed by atoms with Crippen molar-refractivity contribution in [2.24, 2.45) is 11.8 Å². The van der Waals surface area contributed by atoms with Crippen LogP contribution in [0.2, 0.25) is 0 Å². The second-order valence-electron chi connectivity index (χ2n) is 15.8. The molecule has 0 saturated carbocycles. The molecule has 0 rings (SSSR count). The molecule has 4 heteroatoms. The fraction of sp³-hybridized carbons (Fsp3) is 0.955. The van der Waals surface area contributed by atoms with Crippen LogP contribution in [-0.4, -0.2) is 24.1 Å². The van der Waals surface area contributed by atoms with Crippen molar-refractivity contribution in [1.29, 1.82) is 0 Å². The van der Waals surface area contributed by atoms with E-state index in [-0.39, 0.29) is 30.4 Å². The van der Waals surface area contributed by atoms with Gasteiger partial charge in [0.1, 0.15) is 6.61 Å². The van der Waals surface area contributed by atoms with Crippen molar-refractivity contribution in [3.63, 3.8) is 0 Å². The van der Waals surface area contributed by atoms with E-state index in [0.29, 0.717) is 12.8 Å². The maximum Gasteiger partial charge on any atom is 0.306 e. The van der Waals surface area contributed by atoms with Gasteiger partial charge in [-0.25, -0.2) is 0 Å². The zero-order valence-electron chi connectivity index (χ0n) is 33.6. The van der Waals surface area contributed by atoms with Gasteiger partial charge in [-0.1, -0.05) is 221 Å². The number of esters is 2. The molecule has 48 heavy (non-hydrogen) atoms. The quantitative estimate of drug-likeness (QED) is 0.0485. The van der Waals surface area contributed by atoms with Gasteiger partial charge in [0.2, 0.25) is 0 Å². The Hall–Kier alpha value is -1.06. The standard InChI is InChI=1S/C44H86O4/c1-7-9-11-13-15-17-19-21-23-25-27-29-31-33-35-37-42(45)47-39-44(40(3)4,41(5)6)48-43(46)38-36-34-32-30-28-26-24-22-20-18-16-14-12-10-8-2/h40-41H,7-39H2,1-6H3. The lowest BCUT2D eigenvalue weighted by Crippen LogP contribution is -2.49. The zero-order chi connectivity index (χ0) is 35.6. The van der Waals surface area contributed by atoms with Crippen molar-refractivity contribution in [2.45, 2.75) is 253 Å². The van der Waals surface area contributed by atoms with Crippen LogP contribution in [0.3, 0.4) is 0 Å². The summed E-state index contributed by atoms with van der Waals surface area (Å²) in [5.74, 6) is -0.165. The van der Waals surface area contributed by atoms with Crippen molar-refractivity contribution in [1.82, 2.24) is 0 Å². The molecule has 0 radical (unpaired) electrons. The van der Waals surface area contributed by atoms with Crippen molar-refractivity contribution in [2.75, 3.05) is 6.61 Å². The van der Waals surface area contributed by atoms with E-state index in [1.807, 2.05) is 0 Å². The molecular weight excluding hydrogens is 592 g/mol. The van der Waals surface area contributed by atoms with E-state index in [4.69, 9.17) is 9.47 Å². The van der Waals surface area contributed by atoms with E-state index in [1.165, 1.54) is 167 Å². The van der Waals surface area contributed by atoms with E-state index in [9.17, 15) is 9.59 Å². The summed E-state index contributed by atoms with van der Waals surface area (Å²) in [6, 6.07) is 0. The normalized spacial score (nSPS) is 11.9. The highest BCUT2D eigenvalue weighted by molar-refractivity contribution is 5.70. The van der Waals surface area contributed by atoms with Crippen LogP contribution in [0.25, 0.3) is 0 Å². The van der Waals surface area contributed by atoms with E-state index >= 15 is 0 Å². The summed E-state index contributed by atoms with van der Waals surface area (Å²) in [6.45, 7) is 13.0. The molecule has 0 bridgehead atoms. The highest BCUT2D eigenvalue weighted by Crippen LogP contribution is 2.32. The molecule has 0 aromatic rings. The minimum Gasteiger partial charge on any atom is -0.461 e. The third-order valence-electron chi connectivity index (χ3n) is 10.7. The van der Waals surface area contributed by atoms with Gasteiger partial charge in [0, 0.05) is 12.8 Å². The molecule has 0 unspecified atom stereocenters. The Kier molecular flexibility index (Phi) is 33.6. The molecule has 0 N–H and O–H groups in total. The first-order chi connectivity index (χ1) is 23.3. The fourth-order valence-corrected chi connectivity index (χ4v) is 7.07. The molecule has 0 spiro atoms. The number of rotatable bonds is 37. The summed E-state index contributed by atoms with van der Waals surface area (Å²) in [6.07, 6.45) is 40.2. The Morgan fingerprint density at radius 1 is 0.396 bits per heavy atom. The number of carbonyl (C=O) groups is 2. The first kappa shape index (κ1) is 46.9. The Bertz CT molecular complexity index is 692. The molecule has 0 saturated heterocycles. The average molecular weight is 679 g/mol. The second-order valence-corrected chi connectivity index (χ2v) is 15.8. The van der Waals surface area contributed by atoms with Crippen molar-refractivity contribution in [3.8, 4) is 0 Å². The summed E-state index contributed by atoms with van der Waals surface area (Å²) in [4.78, 5) is 25.5. The summed E-state index contributed by atoms with van der Waals surface area (Å²) < 4.78 is 11.9. The number of hydrogen-bond donors (Lipinski definition) is 0. The number of unbranched alkanes of at least 4 members (excludes halogenated alkanes) is 28. The van der Waals surface area contributed by atoms with Crippen molar-refractivity contribution in [3.05, 3.63) is 0 Å². The molecule has 0 aliphatic rings. The smallest absolute Gasteiger partial charge is 0.306 e. The van der Waals surface area contributed by atoms with Crippen molar-refractivity contribution >= 4 is 11.9 Å². The van der Waals surface area contributed by atoms with E-state index in [0.717, 1.165) is 25.7 Å². The molecule has 0 aliphatic carbocycles. The van der Waals surface area contributed by atoms with Crippen LogP contribution in [0.15, 0.2) is 0 Å². The van der Waals surface area contributed by atoms with Crippen LogP contribution < -0.4 is 0 Å². The maximum atomic E-state index is 12.9. The summed E-state index contributed by atoms with van der Waals surface area (Å²) in [5.41, 5.74) is -0.767. The molecule has 0 atom stereocenters. The molecule has 286 valence electrons. The van der Waals surface area contributed by atoms with Gasteiger partial charge >= 0.3 is 11.9 Å². The lowest BCUT2D eigenvalue weighted by molar-refractivity contribution is -0.188. The molecule has 0 aliphatic heterocycles. The topological polar surface area (TPSA) is 52.6 Å². The minimum atomic E-state index is -0.767. The van der Waals surface area contributed by atoms with Gasteiger partial charge in [-0.15, -0.1) is 0 Å². The van der Waals surface area contributed by atoms with Crippen LogP contribution in [-0.2, 0) is 19.1 Å². The maximum absolute atomic E-state index is 12.9. The first-order valence-corrected chi connectivity index (χ1v) is 21.7. The van der Waals surface area contributed by atoms with Crippen LogP contribution in [0.5, 0.6) is 0 Å². The molecule has 0 fully saturated rings. The number of ether oxygens (including phenoxy) is 2. The Balaban J connectivity index is 3.98. The Morgan fingerprint density at radius 2 is 0.646 bits per heavy atom. The molecule has 0 aromatic carbocycles. The Labute approximate surface area is 301 Å². The molecule has 0 aromatic heterocycles. The predicted molar refractivity (Wildman–Crippen MR) is 209 cm³/mol. The van der Waals surface area contributed by atoms with Crippen LogP contribution >= 0.6 is 0 Å². The Morgan fingerprint density at radius 3 is 0.917 bits per heavy atom. The molecule has 0 heterocycles. The third kappa shape index (κ3) is 27.7. The zero-order valence-corrected chi connectivity index (χ0v) is 33.6. The van der Waals surface area contributed by atoms with Gasteiger partial charge in [0.15, 0.2) is 5.60 Å². The largest absolute Gasteiger partial charge is 0.461 e. The first-order valence-electron chi connectivity index (χ1n) is 21.7. The van der Waals surface area contributed by atoms with Gasteiger partial charge in [0.05, 0.1) is 0 Å². The summed E-state index contributed by atoms with van der Waals surface area (Å²) >= 11 is 0. The monoisotopic (exact) mass is 679 g/mol. The fourth-order valence-electron chi connectivity index (χ4n) is 7.07. The third-order valence-corrected chi connectivity index (χ3v) is 10.7. The lowest BCUT2D eigenvalue weighted by atomic mass is 9.80. The van der Waals surface area contributed by atoms with Gasteiger partial charge in [0.25, 0.3) is 0 Å². The number of hydrogen-bond acceptors (Lipinski definition) is 4. The predicted octanol–water partition coefficient (Wildman–Crippen LogP) is 14.6. The lowest BCUT2D eigenvalue weighted by Gasteiger charge is -2.40. The van der Waals surface area contributed by atoms with Gasteiger partial charge in [-0.2, -0.15) is 0 Å². The summed E-state index contributed by atoms with van der Waals surface area (Å²) in [5, 5.41) is 0. The van der Waals surface area contributed by atoms with Crippen LogP contribution in [0.1, 0.15) is 247 Å². The molecule has 0 amide bonds. The highest BCUT2D eigenvalue weighted by atomic mass is 16.6. The number of carbonyl (C=O) groups excluding carboxylic acids is 2. The molecular formula is C44H86O4. The SMILES string of the molecule is CCCCCCCCCCCCCCCCCC(=O)OCC(OC(=O)CCCCCCCCCCCCCCCCC)(C(C)C)C(C)C. The van der Waals surface area contributed by atoms with E-state index in [1.54, 1.807) is 0 Å². The van der Waals surface area contributed by atoms with E-state index < -0.39 is 5.60 Å². The van der Waals surface area contributed by atoms with Crippen LogP contribution in [0.4, 0.5) is 0 Å². The van der Waals surface area contributed by atoms with Gasteiger partial charge in [-0.3, -0.25) is 9.59 Å². The minimum absolute atomic E-state index is 0.0705. The second kappa shape index (κ2) is 34.4. The summed E-state index contributed by atoms with van der Waals surface area (Å²) in [7, 11) is 0. The van der Waals surface area contributed by atoms with Gasteiger partial charge in [-0.05, 0) is 24.7 Å². The highest BCUT2D eigenvalue weighted by Gasteiger charge is 2.42. The van der Waals surface area contributed by atoms with E-state index in [2.05, 4.69) is 41.5 Å². The van der Waals surface area contributed by atoms with Gasteiger partial charge < -0.3 is 9.47 Å². The average Bonchev–Trinajstić information content (AvgIpc) is 3.06. The van der Waals surface area contributed by atoms with Crippen molar-refractivity contribution < 1.29 is 19.1 Å². The van der Waals surface area contributed by atoms with Crippen LogP contribution in [0, 0.1) is 11.8 Å².